The fourth-order valence-corrected chi connectivity index (χ4v) is 2.18. The first-order valence-corrected chi connectivity index (χ1v) is 7.50. The van der Waals surface area contributed by atoms with Gasteiger partial charge in [-0.3, -0.25) is 4.79 Å². The Hall–Kier alpha value is -2.14. The van der Waals surface area contributed by atoms with Gasteiger partial charge in [0.15, 0.2) is 5.76 Å². The van der Waals surface area contributed by atoms with Crippen LogP contribution < -0.4 is 5.32 Å². The Morgan fingerprint density at radius 3 is 2.45 bits per heavy atom. The number of carbonyl (C=O) groups excluding carboxylic acids is 1. The van der Waals surface area contributed by atoms with Crippen LogP contribution in [-0.2, 0) is 0 Å². The van der Waals surface area contributed by atoms with Gasteiger partial charge in [-0.05, 0) is 49.5 Å². The molecule has 1 aromatic carbocycles. The number of likely N-dealkylation sites (N-methyl/N-ethyl adjacent to an activating group) is 1. The molecule has 0 saturated heterocycles. The maximum Gasteiger partial charge on any atom is 0.287 e. The van der Waals surface area contributed by atoms with Gasteiger partial charge in [-0.2, -0.15) is 0 Å². The minimum absolute atomic E-state index is 0.236. The van der Waals surface area contributed by atoms with Crippen molar-refractivity contribution in [1.29, 1.82) is 0 Å². The summed E-state index contributed by atoms with van der Waals surface area (Å²) in [6.07, 6.45) is 0. The Kier molecular flexibility index (Phi) is 5.72. The number of benzene rings is 1. The van der Waals surface area contributed by atoms with E-state index in [9.17, 15) is 9.18 Å². The molecule has 5 heteroatoms. The highest BCUT2D eigenvalue weighted by molar-refractivity contribution is 5.92. The lowest BCUT2D eigenvalue weighted by molar-refractivity contribution is 0.0922. The Bertz CT molecular complexity index is 603. The number of nitrogens with one attached hydrogen (secondary N) is 1. The summed E-state index contributed by atoms with van der Waals surface area (Å²) in [5, 5.41) is 2.84. The van der Waals surface area contributed by atoms with E-state index in [0.717, 1.165) is 25.2 Å². The number of nitrogens with zero attached hydrogens (tertiary/aromatic N) is 1. The summed E-state index contributed by atoms with van der Waals surface area (Å²) in [5.74, 6) is 0.276. The molecule has 0 aliphatic rings. The molecule has 0 spiro atoms. The van der Waals surface area contributed by atoms with Crippen molar-refractivity contribution in [3.8, 4) is 11.3 Å². The van der Waals surface area contributed by atoms with Crippen molar-refractivity contribution in [1.82, 2.24) is 10.2 Å². The molecule has 2 rings (SSSR count). The first kappa shape index (κ1) is 16.2. The maximum absolute atomic E-state index is 12.9. The van der Waals surface area contributed by atoms with Gasteiger partial charge in [0.2, 0.25) is 0 Å². The van der Waals surface area contributed by atoms with Crippen LogP contribution >= 0.6 is 0 Å². The average molecular weight is 304 g/mol. The molecule has 1 amide bonds. The van der Waals surface area contributed by atoms with Gasteiger partial charge in [-0.15, -0.1) is 0 Å². The molecule has 0 radical (unpaired) electrons. The number of hydrogen-bond acceptors (Lipinski definition) is 3. The lowest BCUT2D eigenvalue weighted by Gasteiger charge is -2.17. The molecular weight excluding hydrogens is 283 g/mol. The number of carbonyl (C=O) groups is 1. The van der Waals surface area contributed by atoms with Crippen molar-refractivity contribution in [2.45, 2.75) is 13.8 Å². The van der Waals surface area contributed by atoms with E-state index in [1.807, 2.05) is 0 Å². The van der Waals surface area contributed by atoms with Gasteiger partial charge in [0.05, 0.1) is 0 Å². The zero-order valence-corrected chi connectivity index (χ0v) is 12.9. The molecule has 2 aromatic rings. The Balaban J connectivity index is 1.93. The van der Waals surface area contributed by atoms with Gasteiger partial charge in [-0.1, -0.05) is 13.8 Å². The minimum atomic E-state index is -0.301. The van der Waals surface area contributed by atoms with E-state index in [1.54, 1.807) is 24.3 Å². The van der Waals surface area contributed by atoms with Crippen molar-refractivity contribution in [2.75, 3.05) is 26.2 Å². The Labute approximate surface area is 129 Å². The number of furan rings is 1. The predicted molar refractivity (Wildman–Crippen MR) is 84.2 cm³/mol. The predicted octanol–water partition coefficient (Wildman–Crippen LogP) is 3.16. The third-order valence-electron chi connectivity index (χ3n) is 3.57. The van der Waals surface area contributed by atoms with Crippen LogP contribution in [0.2, 0.25) is 0 Å². The number of rotatable bonds is 7. The Morgan fingerprint density at radius 2 is 1.82 bits per heavy atom. The highest BCUT2D eigenvalue weighted by Gasteiger charge is 2.12. The van der Waals surface area contributed by atoms with Crippen molar-refractivity contribution in [3.63, 3.8) is 0 Å². The normalized spacial score (nSPS) is 10.9. The van der Waals surface area contributed by atoms with Crippen LogP contribution in [0.15, 0.2) is 40.8 Å². The monoisotopic (exact) mass is 304 g/mol. The van der Waals surface area contributed by atoms with Crippen LogP contribution in [0, 0.1) is 5.82 Å². The fourth-order valence-electron chi connectivity index (χ4n) is 2.18. The zero-order chi connectivity index (χ0) is 15.9. The van der Waals surface area contributed by atoms with Crippen LogP contribution in [-0.4, -0.2) is 37.0 Å². The lowest BCUT2D eigenvalue weighted by atomic mass is 10.2. The molecule has 0 atom stereocenters. The standard InChI is InChI=1S/C17H21FN2O2/c1-3-20(4-2)12-11-19-17(21)16-10-9-15(22-16)13-5-7-14(18)8-6-13/h5-10H,3-4,11-12H2,1-2H3,(H,19,21). The molecule has 1 aromatic heterocycles. The van der Waals surface area contributed by atoms with E-state index in [4.69, 9.17) is 4.42 Å². The average Bonchev–Trinajstić information content (AvgIpc) is 3.02. The van der Waals surface area contributed by atoms with Crippen molar-refractivity contribution in [3.05, 3.63) is 48.0 Å². The molecule has 0 saturated carbocycles. The molecular formula is C17H21FN2O2. The summed E-state index contributed by atoms with van der Waals surface area (Å²) in [6.45, 7) is 7.49. The van der Waals surface area contributed by atoms with Crippen LogP contribution in [0.5, 0.6) is 0 Å². The molecule has 0 fully saturated rings. The maximum atomic E-state index is 12.9. The van der Waals surface area contributed by atoms with Gasteiger partial charge in [0.1, 0.15) is 11.6 Å². The second kappa shape index (κ2) is 7.75. The molecule has 1 heterocycles. The van der Waals surface area contributed by atoms with Crippen molar-refractivity contribution >= 4 is 5.91 Å². The summed E-state index contributed by atoms with van der Waals surface area (Å²) in [6, 6.07) is 9.31. The minimum Gasteiger partial charge on any atom is -0.451 e. The van der Waals surface area contributed by atoms with Gasteiger partial charge in [0, 0.05) is 18.7 Å². The molecule has 0 unspecified atom stereocenters. The molecule has 0 bridgehead atoms. The molecule has 0 aliphatic carbocycles. The summed E-state index contributed by atoms with van der Waals surface area (Å²) in [5.41, 5.74) is 0.739. The van der Waals surface area contributed by atoms with E-state index in [0.29, 0.717) is 12.3 Å². The summed E-state index contributed by atoms with van der Waals surface area (Å²) in [7, 11) is 0. The Morgan fingerprint density at radius 1 is 1.14 bits per heavy atom. The highest BCUT2D eigenvalue weighted by Crippen LogP contribution is 2.22. The van der Waals surface area contributed by atoms with E-state index in [1.165, 1.54) is 12.1 Å². The molecule has 0 aliphatic heterocycles. The van der Waals surface area contributed by atoms with Crippen LogP contribution in [0.25, 0.3) is 11.3 Å². The third-order valence-corrected chi connectivity index (χ3v) is 3.57. The lowest BCUT2D eigenvalue weighted by Crippen LogP contribution is -2.34. The van der Waals surface area contributed by atoms with E-state index >= 15 is 0 Å². The fraction of sp³-hybridized carbons (Fsp3) is 0.353. The number of amides is 1. The zero-order valence-electron chi connectivity index (χ0n) is 12.9. The van der Waals surface area contributed by atoms with Gasteiger partial charge in [0.25, 0.3) is 5.91 Å². The quantitative estimate of drug-likeness (QED) is 0.854. The van der Waals surface area contributed by atoms with Crippen LogP contribution in [0.1, 0.15) is 24.4 Å². The van der Waals surface area contributed by atoms with E-state index in [-0.39, 0.29) is 17.5 Å². The first-order valence-electron chi connectivity index (χ1n) is 7.50. The second-order valence-corrected chi connectivity index (χ2v) is 4.95. The summed E-state index contributed by atoms with van der Waals surface area (Å²) >= 11 is 0. The topological polar surface area (TPSA) is 45.5 Å². The SMILES string of the molecule is CCN(CC)CCNC(=O)c1ccc(-c2ccc(F)cc2)o1. The molecule has 118 valence electrons. The van der Waals surface area contributed by atoms with E-state index in [2.05, 4.69) is 24.1 Å². The summed E-state index contributed by atoms with van der Waals surface area (Å²) in [4.78, 5) is 14.2. The highest BCUT2D eigenvalue weighted by atomic mass is 19.1. The molecule has 4 nitrogen and oxygen atoms in total. The summed E-state index contributed by atoms with van der Waals surface area (Å²) < 4.78 is 18.4. The van der Waals surface area contributed by atoms with Gasteiger partial charge >= 0.3 is 0 Å². The first-order chi connectivity index (χ1) is 10.6. The largest absolute Gasteiger partial charge is 0.451 e. The number of halogens is 1. The van der Waals surface area contributed by atoms with Crippen molar-refractivity contribution < 1.29 is 13.6 Å². The smallest absolute Gasteiger partial charge is 0.287 e. The third kappa shape index (κ3) is 4.18. The molecule has 22 heavy (non-hydrogen) atoms. The number of hydrogen-bond donors (Lipinski definition) is 1. The van der Waals surface area contributed by atoms with Crippen molar-refractivity contribution in [2.24, 2.45) is 0 Å². The van der Waals surface area contributed by atoms with E-state index < -0.39 is 0 Å². The van der Waals surface area contributed by atoms with Gasteiger partial charge in [-0.25, -0.2) is 4.39 Å². The van der Waals surface area contributed by atoms with Gasteiger partial charge < -0.3 is 14.6 Å². The second-order valence-electron chi connectivity index (χ2n) is 4.95. The van der Waals surface area contributed by atoms with Crippen LogP contribution in [0.3, 0.4) is 0 Å². The van der Waals surface area contributed by atoms with Crippen LogP contribution in [0.4, 0.5) is 4.39 Å². The molecule has 1 N–H and O–H groups in total.